The highest BCUT2D eigenvalue weighted by Crippen LogP contribution is 2.30. The van der Waals surface area contributed by atoms with Crippen LogP contribution in [-0.2, 0) is 9.53 Å². The Bertz CT molecular complexity index is 326. The fourth-order valence-corrected chi connectivity index (χ4v) is 3.60. The minimum absolute atomic E-state index is 0.0801. The molecule has 0 aliphatic carbocycles. The maximum Gasteiger partial charge on any atom is 0.321 e. The van der Waals surface area contributed by atoms with Gasteiger partial charge in [-0.2, -0.15) is 0 Å². The topological polar surface area (TPSA) is 49.9 Å². The summed E-state index contributed by atoms with van der Waals surface area (Å²) >= 11 is 0. The number of nitrogens with zero attached hydrogens (tertiary/aromatic N) is 2. The Kier molecular flexibility index (Phi) is 2.16. The molecule has 0 bridgehead atoms. The van der Waals surface area contributed by atoms with Crippen LogP contribution >= 0.6 is 0 Å². The summed E-state index contributed by atoms with van der Waals surface area (Å²) in [4.78, 5) is 25.6. The number of fused-ring (bicyclic) bond motifs is 1. The second-order valence-corrected chi connectivity index (χ2v) is 9.77. The highest BCUT2D eigenvalue weighted by atomic mass is 28.3. The predicted octanol–water partition coefficient (Wildman–Crippen LogP) is 0.830. The smallest absolute Gasteiger partial charge is 0.321 e. The molecule has 0 aromatic heterocycles. The summed E-state index contributed by atoms with van der Waals surface area (Å²) < 4.78 is 6.76. The Balaban J connectivity index is 2.33. The van der Waals surface area contributed by atoms with Gasteiger partial charge in [0, 0.05) is 0 Å². The number of ether oxygens (including phenoxy) is 1. The van der Waals surface area contributed by atoms with Crippen LogP contribution in [-0.4, -0.2) is 48.5 Å². The van der Waals surface area contributed by atoms with Gasteiger partial charge in [0.25, 0.3) is 0 Å². The molecule has 0 aromatic rings. The first-order chi connectivity index (χ1) is 6.84. The molecule has 2 heterocycles. The predicted molar refractivity (Wildman–Crippen MR) is 56.6 cm³/mol. The third kappa shape index (κ3) is 1.39. The lowest BCUT2D eigenvalue weighted by atomic mass is 10.3. The Morgan fingerprint density at radius 1 is 1.33 bits per heavy atom. The molecule has 0 radical (unpaired) electrons. The molecule has 0 saturated carbocycles. The van der Waals surface area contributed by atoms with Gasteiger partial charge in [-0.3, -0.25) is 14.3 Å². The Morgan fingerprint density at radius 3 is 2.40 bits per heavy atom. The summed E-state index contributed by atoms with van der Waals surface area (Å²) in [5.41, 5.74) is 0. The van der Waals surface area contributed by atoms with Crippen LogP contribution in [0.15, 0.2) is 0 Å². The van der Waals surface area contributed by atoms with E-state index >= 15 is 0 Å². The minimum atomic E-state index is -1.91. The van der Waals surface area contributed by atoms with Crippen molar-refractivity contribution in [2.45, 2.75) is 38.8 Å². The van der Waals surface area contributed by atoms with E-state index in [0.717, 1.165) is 0 Å². The zero-order valence-electron chi connectivity index (χ0n) is 9.48. The van der Waals surface area contributed by atoms with Crippen LogP contribution in [0.1, 0.15) is 6.92 Å². The third-order valence-corrected chi connectivity index (χ3v) is 4.56. The second kappa shape index (κ2) is 3.05. The van der Waals surface area contributed by atoms with Gasteiger partial charge in [-0.05, 0) is 6.92 Å². The number of hydrogen-bond donors (Lipinski definition) is 0. The quantitative estimate of drug-likeness (QED) is 0.493. The van der Waals surface area contributed by atoms with E-state index in [4.69, 9.17) is 4.74 Å². The van der Waals surface area contributed by atoms with E-state index in [2.05, 4.69) is 0 Å². The number of hydrogen-bond acceptors (Lipinski definition) is 3. The van der Waals surface area contributed by atoms with Crippen LogP contribution in [0.25, 0.3) is 0 Å². The van der Waals surface area contributed by atoms with E-state index < -0.39 is 8.24 Å². The lowest BCUT2D eigenvalue weighted by Crippen LogP contribution is -2.51. The molecular formula is C9H16N2O3Si. The van der Waals surface area contributed by atoms with Crippen molar-refractivity contribution in [3.63, 3.8) is 0 Å². The average Bonchev–Trinajstić information content (AvgIpc) is 2.54. The van der Waals surface area contributed by atoms with E-state index in [0.29, 0.717) is 6.61 Å². The summed E-state index contributed by atoms with van der Waals surface area (Å²) in [7, 11) is -1.91. The SMILES string of the molecule is CC1OC[C@@H]2C(=O)N([Si](C)(C)C)C(=O)N12. The molecule has 0 aromatic carbocycles. The molecule has 2 aliphatic heterocycles. The van der Waals surface area contributed by atoms with Crippen LogP contribution in [0, 0.1) is 0 Å². The van der Waals surface area contributed by atoms with Crippen molar-refractivity contribution >= 4 is 20.2 Å². The summed E-state index contributed by atoms with van der Waals surface area (Å²) in [6, 6.07) is -0.548. The minimum Gasteiger partial charge on any atom is -0.356 e. The fraction of sp³-hybridized carbons (Fsp3) is 0.778. The largest absolute Gasteiger partial charge is 0.356 e. The lowest BCUT2D eigenvalue weighted by molar-refractivity contribution is -0.125. The zero-order chi connectivity index (χ0) is 11.4. The molecule has 2 rings (SSSR count). The molecule has 15 heavy (non-hydrogen) atoms. The number of imide groups is 1. The monoisotopic (exact) mass is 228 g/mol. The van der Waals surface area contributed by atoms with Crippen molar-refractivity contribution < 1.29 is 14.3 Å². The summed E-state index contributed by atoms with van der Waals surface area (Å²) in [6.07, 6.45) is -0.271. The molecule has 2 aliphatic rings. The molecule has 2 atom stereocenters. The third-order valence-electron chi connectivity index (χ3n) is 2.81. The molecule has 2 fully saturated rings. The van der Waals surface area contributed by atoms with Gasteiger partial charge in [0.05, 0.1) is 6.61 Å². The Morgan fingerprint density at radius 2 is 1.93 bits per heavy atom. The summed E-state index contributed by atoms with van der Waals surface area (Å²) in [6.45, 7) is 8.13. The van der Waals surface area contributed by atoms with Crippen molar-refractivity contribution in [3.05, 3.63) is 0 Å². The molecule has 0 spiro atoms. The number of carbonyl (C=O) groups is 2. The highest BCUT2D eigenvalue weighted by Gasteiger charge is 2.54. The molecule has 1 unspecified atom stereocenters. The van der Waals surface area contributed by atoms with Crippen molar-refractivity contribution in [3.8, 4) is 0 Å². The maximum atomic E-state index is 12.0. The van der Waals surface area contributed by atoms with Gasteiger partial charge in [-0.15, -0.1) is 0 Å². The first-order valence-corrected chi connectivity index (χ1v) is 8.56. The highest BCUT2D eigenvalue weighted by molar-refractivity contribution is 6.78. The number of rotatable bonds is 1. The average molecular weight is 228 g/mol. The maximum absolute atomic E-state index is 12.0. The number of amides is 3. The van der Waals surface area contributed by atoms with Crippen molar-refractivity contribution in [2.75, 3.05) is 6.61 Å². The van der Waals surface area contributed by atoms with E-state index in [-0.39, 0.29) is 24.2 Å². The second-order valence-electron chi connectivity index (χ2n) is 4.98. The van der Waals surface area contributed by atoms with E-state index in [1.165, 1.54) is 4.57 Å². The molecule has 0 N–H and O–H groups in total. The van der Waals surface area contributed by atoms with Crippen LogP contribution in [0.5, 0.6) is 0 Å². The number of urea groups is 1. The molecule has 5 nitrogen and oxygen atoms in total. The van der Waals surface area contributed by atoms with Gasteiger partial charge >= 0.3 is 6.03 Å². The summed E-state index contributed by atoms with van der Waals surface area (Å²) in [5.74, 6) is -0.0801. The van der Waals surface area contributed by atoms with E-state index in [1.807, 2.05) is 19.6 Å². The van der Waals surface area contributed by atoms with Gasteiger partial charge in [-0.25, -0.2) is 4.79 Å². The van der Waals surface area contributed by atoms with Crippen LogP contribution < -0.4 is 0 Å². The van der Waals surface area contributed by atoms with Crippen LogP contribution in [0.3, 0.4) is 0 Å². The Hall–Kier alpha value is -0.883. The first kappa shape index (κ1) is 10.6. The molecular weight excluding hydrogens is 212 g/mol. The normalized spacial score (nSPS) is 31.5. The van der Waals surface area contributed by atoms with E-state index in [1.54, 1.807) is 11.8 Å². The van der Waals surface area contributed by atoms with Gasteiger partial charge in [0.2, 0.25) is 5.91 Å². The number of carbonyl (C=O) groups excluding carboxylic acids is 2. The first-order valence-electron chi connectivity index (χ1n) is 5.12. The molecule has 84 valence electrons. The fourth-order valence-electron chi connectivity index (χ4n) is 2.10. The van der Waals surface area contributed by atoms with Crippen LogP contribution in [0.2, 0.25) is 19.6 Å². The lowest BCUT2D eigenvalue weighted by Gasteiger charge is -2.28. The summed E-state index contributed by atoms with van der Waals surface area (Å²) in [5, 5.41) is 0. The zero-order valence-corrected chi connectivity index (χ0v) is 10.5. The Labute approximate surface area is 90.1 Å². The van der Waals surface area contributed by atoms with Gasteiger partial charge in [0.1, 0.15) is 12.3 Å². The molecule has 6 heteroatoms. The molecule has 2 saturated heterocycles. The van der Waals surface area contributed by atoms with Gasteiger partial charge < -0.3 is 4.74 Å². The van der Waals surface area contributed by atoms with E-state index in [9.17, 15) is 9.59 Å². The molecule has 3 amide bonds. The van der Waals surface area contributed by atoms with Gasteiger partial charge in [0.15, 0.2) is 8.24 Å². The van der Waals surface area contributed by atoms with Crippen molar-refractivity contribution in [1.82, 2.24) is 9.47 Å². The van der Waals surface area contributed by atoms with Crippen molar-refractivity contribution in [2.24, 2.45) is 0 Å². The van der Waals surface area contributed by atoms with Gasteiger partial charge in [-0.1, -0.05) is 19.6 Å². The standard InChI is InChI=1S/C9H16N2O3Si/c1-6-10-7(5-14-6)8(12)11(9(10)13)15(2,3)4/h6-7H,5H2,1-4H3/t6?,7-/m1/s1. The van der Waals surface area contributed by atoms with Crippen LogP contribution in [0.4, 0.5) is 4.79 Å². The van der Waals surface area contributed by atoms with Crippen molar-refractivity contribution in [1.29, 1.82) is 0 Å².